The van der Waals surface area contributed by atoms with Crippen molar-refractivity contribution in [3.63, 3.8) is 0 Å². The van der Waals surface area contributed by atoms with Gasteiger partial charge < -0.3 is 9.80 Å². The molecule has 3 heterocycles. The average Bonchev–Trinajstić information content (AvgIpc) is 3.14. The number of hydrogen-bond acceptors (Lipinski definition) is 5. The Hall–Kier alpha value is -2.34. The Kier molecular flexibility index (Phi) is 3.93. The Morgan fingerprint density at radius 2 is 1.77 bits per heavy atom. The lowest BCUT2D eigenvalue weighted by atomic mass is 9.96. The number of hydrogen-bond donors (Lipinski definition) is 0. The zero-order valence-corrected chi connectivity index (χ0v) is 15.4. The van der Waals surface area contributed by atoms with Crippen molar-refractivity contribution in [2.75, 3.05) is 36.0 Å². The molecule has 1 aliphatic heterocycles. The van der Waals surface area contributed by atoms with Crippen LogP contribution in [0.1, 0.15) is 24.1 Å². The summed E-state index contributed by atoms with van der Waals surface area (Å²) < 4.78 is 1.93. The van der Waals surface area contributed by atoms with Gasteiger partial charge in [-0.2, -0.15) is 14.6 Å². The normalized spacial score (nSPS) is 17.6. The van der Waals surface area contributed by atoms with E-state index in [-0.39, 0.29) is 0 Å². The Morgan fingerprint density at radius 1 is 0.962 bits per heavy atom. The van der Waals surface area contributed by atoms with Gasteiger partial charge in [-0.3, -0.25) is 0 Å². The second kappa shape index (κ2) is 6.43. The van der Waals surface area contributed by atoms with Crippen molar-refractivity contribution in [3.05, 3.63) is 46.9 Å². The third-order valence-corrected chi connectivity index (χ3v) is 5.66. The molecular weight excluding hydrogens is 348 g/mol. The van der Waals surface area contributed by atoms with E-state index in [0.29, 0.717) is 0 Å². The predicted octanol–water partition coefficient (Wildman–Crippen LogP) is 2.98. The molecule has 0 spiro atoms. The van der Waals surface area contributed by atoms with Gasteiger partial charge in [-0.05, 0) is 43.9 Å². The van der Waals surface area contributed by atoms with E-state index in [9.17, 15) is 0 Å². The Morgan fingerprint density at radius 3 is 2.62 bits per heavy atom. The summed E-state index contributed by atoms with van der Waals surface area (Å²) in [6, 6.07) is 8.11. The van der Waals surface area contributed by atoms with Crippen LogP contribution in [-0.2, 0) is 12.8 Å². The molecule has 1 saturated heterocycles. The number of aryl methyl sites for hydroxylation is 1. The van der Waals surface area contributed by atoms with Gasteiger partial charge in [-0.15, -0.1) is 0 Å². The van der Waals surface area contributed by atoms with Crippen LogP contribution in [0.25, 0.3) is 5.78 Å². The highest BCUT2D eigenvalue weighted by Crippen LogP contribution is 2.31. The van der Waals surface area contributed by atoms with E-state index < -0.39 is 0 Å². The highest BCUT2D eigenvalue weighted by atomic mass is 35.5. The van der Waals surface area contributed by atoms with Crippen LogP contribution in [0.3, 0.4) is 0 Å². The van der Waals surface area contributed by atoms with Crippen LogP contribution >= 0.6 is 11.6 Å². The first-order chi connectivity index (χ1) is 12.8. The first-order valence-corrected chi connectivity index (χ1v) is 9.64. The topological polar surface area (TPSA) is 49.6 Å². The first-order valence-electron chi connectivity index (χ1n) is 9.26. The number of halogens is 1. The lowest BCUT2D eigenvalue weighted by Gasteiger charge is -2.38. The summed E-state index contributed by atoms with van der Waals surface area (Å²) in [7, 11) is 0. The van der Waals surface area contributed by atoms with Gasteiger partial charge in [0.2, 0.25) is 0 Å². The molecule has 134 valence electrons. The summed E-state index contributed by atoms with van der Waals surface area (Å²) in [5, 5.41) is 5.25. The van der Waals surface area contributed by atoms with Crippen molar-refractivity contribution < 1.29 is 0 Å². The maximum Gasteiger partial charge on any atom is 0.254 e. The molecule has 0 N–H and O–H groups in total. The van der Waals surface area contributed by atoms with Crippen molar-refractivity contribution in [2.45, 2.75) is 25.7 Å². The minimum absolute atomic E-state index is 0.720. The molecule has 0 radical (unpaired) electrons. The van der Waals surface area contributed by atoms with E-state index in [4.69, 9.17) is 16.6 Å². The van der Waals surface area contributed by atoms with Gasteiger partial charge in [0.1, 0.15) is 12.1 Å². The van der Waals surface area contributed by atoms with Gasteiger partial charge in [0.05, 0.1) is 5.69 Å². The average molecular weight is 369 g/mol. The Balaban J connectivity index is 1.46. The van der Waals surface area contributed by atoms with E-state index in [1.54, 1.807) is 6.33 Å². The number of anilines is 2. The van der Waals surface area contributed by atoms with E-state index in [0.717, 1.165) is 49.8 Å². The number of fused-ring (bicyclic) bond motifs is 2. The second-order valence-electron chi connectivity index (χ2n) is 6.99. The molecule has 3 aromatic rings. The lowest BCUT2D eigenvalue weighted by molar-refractivity contribution is 0.615. The van der Waals surface area contributed by atoms with E-state index in [2.05, 4.69) is 25.9 Å². The molecule has 2 aromatic heterocycles. The fraction of sp³-hybridized carbons (Fsp3) is 0.421. The highest BCUT2D eigenvalue weighted by molar-refractivity contribution is 6.30. The Bertz CT molecular complexity index is 944. The van der Waals surface area contributed by atoms with Crippen LogP contribution in [0.5, 0.6) is 0 Å². The highest BCUT2D eigenvalue weighted by Gasteiger charge is 2.26. The first kappa shape index (κ1) is 15.9. The van der Waals surface area contributed by atoms with Gasteiger partial charge in [0, 0.05) is 42.5 Å². The van der Waals surface area contributed by atoms with E-state index in [1.807, 2.05) is 22.7 Å². The number of piperazine rings is 1. The maximum atomic E-state index is 6.16. The van der Waals surface area contributed by atoms with Crippen LogP contribution < -0.4 is 9.80 Å². The standard InChI is InChI=1S/C19H21ClN6/c20-14-4-3-5-15(12-14)24-8-10-25(11-9-24)18-16-6-1-2-7-17(16)23-19-21-13-22-26(18)19/h3-5,12-13H,1-2,6-11H2. The van der Waals surface area contributed by atoms with E-state index in [1.165, 1.54) is 35.6 Å². The molecule has 5 rings (SSSR count). The summed E-state index contributed by atoms with van der Waals surface area (Å²) in [4.78, 5) is 13.9. The fourth-order valence-electron chi connectivity index (χ4n) is 4.14. The van der Waals surface area contributed by atoms with Crippen LogP contribution in [0, 0.1) is 0 Å². The molecular formula is C19H21ClN6. The molecule has 0 atom stereocenters. The minimum Gasteiger partial charge on any atom is -0.368 e. The van der Waals surface area contributed by atoms with Crippen molar-refractivity contribution in [1.29, 1.82) is 0 Å². The lowest BCUT2D eigenvalue weighted by Crippen LogP contribution is -2.47. The molecule has 6 nitrogen and oxygen atoms in total. The van der Waals surface area contributed by atoms with Gasteiger partial charge in [0.15, 0.2) is 0 Å². The summed E-state index contributed by atoms with van der Waals surface area (Å²) in [6.45, 7) is 3.84. The third-order valence-electron chi connectivity index (χ3n) is 5.43. The van der Waals surface area contributed by atoms with Crippen molar-refractivity contribution in [2.24, 2.45) is 0 Å². The van der Waals surface area contributed by atoms with Crippen LogP contribution in [0.4, 0.5) is 11.5 Å². The van der Waals surface area contributed by atoms with Gasteiger partial charge in [-0.25, -0.2) is 4.98 Å². The van der Waals surface area contributed by atoms with E-state index >= 15 is 0 Å². The van der Waals surface area contributed by atoms with Crippen molar-refractivity contribution in [3.8, 4) is 0 Å². The second-order valence-corrected chi connectivity index (χ2v) is 7.43. The summed E-state index contributed by atoms with van der Waals surface area (Å²) >= 11 is 6.16. The smallest absolute Gasteiger partial charge is 0.254 e. The van der Waals surface area contributed by atoms with Crippen molar-refractivity contribution >= 4 is 28.9 Å². The molecule has 26 heavy (non-hydrogen) atoms. The van der Waals surface area contributed by atoms with Gasteiger partial charge in [-0.1, -0.05) is 17.7 Å². The minimum atomic E-state index is 0.720. The molecule has 0 amide bonds. The zero-order valence-electron chi connectivity index (χ0n) is 14.6. The van der Waals surface area contributed by atoms with Gasteiger partial charge >= 0.3 is 0 Å². The number of rotatable bonds is 2. The largest absolute Gasteiger partial charge is 0.368 e. The monoisotopic (exact) mass is 368 g/mol. The van der Waals surface area contributed by atoms with Gasteiger partial charge in [0.25, 0.3) is 5.78 Å². The SMILES string of the molecule is Clc1cccc(N2CCN(c3c4c(nc5ncnn35)CCCC4)CC2)c1. The number of aromatic nitrogens is 4. The summed E-state index contributed by atoms with van der Waals surface area (Å²) in [5.74, 6) is 1.92. The molecule has 7 heteroatoms. The predicted molar refractivity (Wildman–Crippen MR) is 103 cm³/mol. The summed E-state index contributed by atoms with van der Waals surface area (Å²) in [6.07, 6.45) is 6.19. The molecule has 1 fully saturated rings. The van der Waals surface area contributed by atoms with Crippen LogP contribution in [-0.4, -0.2) is 45.8 Å². The molecule has 0 unspecified atom stereocenters. The van der Waals surface area contributed by atoms with Crippen LogP contribution in [0.2, 0.25) is 5.02 Å². The fourth-order valence-corrected chi connectivity index (χ4v) is 4.32. The Labute approximate surface area is 157 Å². The quantitative estimate of drug-likeness (QED) is 0.696. The molecule has 1 aromatic carbocycles. The van der Waals surface area contributed by atoms with Crippen molar-refractivity contribution in [1.82, 2.24) is 19.6 Å². The molecule has 2 aliphatic rings. The third kappa shape index (κ3) is 2.69. The number of benzene rings is 1. The van der Waals surface area contributed by atoms with Crippen LogP contribution in [0.15, 0.2) is 30.6 Å². The molecule has 0 saturated carbocycles. The maximum absolute atomic E-state index is 6.16. The molecule has 0 bridgehead atoms. The summed E-state index contributed by atoms with van der Waals surface area (Å²) in [5.41, 5.74) is 3.77. The molecule has 1 aliphatic carbocycles. The number of nitrogens with zero attached hydrogens (tertiary/aromatic N) is 6. The zero-order chi connectivity index (χ0) is 17.5.